The molecule has 1 aromatic carbocycles. The predicted molar refractivity (Wildman–Crippen MR) is 109 cm³/mol. The quantitative estimate of drug-likeness (QED) is 0.690. The second-order valence-corrected chi connectivity index (χ2v) is 7.40. The molecule has 1 aliphatic rings. The summed E-state index contributed by atoms with van der Waals surface area (Å²) in [6, 6.07) is 7.58. The molecular weight excluding hydrogens is 395 g/mol. The van der Waals surface area contributed by atoms with Crippen LogP contribution in [0, 0.1) is 12.7 Å². The minimum absolute atomic E-state index is 0.0442. The van der Waals surface area contributed by atoms with Crippen molar-refractivity contribution in [3.8, 4) is 0 Å². The highest BCUT2D eigenvalue weighted by molar-refractivity contribution is 6.31. The summed E-state index contributed by atoms with van der Waals surface area (Å²) in [6.07, 6.45) is 4.88. The molecule has 6 nitrogen and oxygen atoms in total. The van der Waals surface area contributed by atoms with Crippen molar-refractivity contribution in [3.05, 3.63) is 76.6 Å². The molecule has 148 valence electrons. The van der Waals surface area contributed by atoms with Gasteiger partial charge in [0.15, 0.2) is 0 Å². The minimum atomic E-state index is -0.545. The molecule has 29 heavy (non-hydrogen) atoms. The molecule has 0 aliphatic carbocycles. The van der Waals surface area contributed by atoms with E-state index in [0.717, 1.165) is 5.56 Å². The molecule has 0 spiro atoms. The van der Waals surface area contributed by atoms with Gasteiger partial charge in [-0.3, -0.25) is 14.6 Å². The molecule has 8 heteroatoms. The number of nitrogens with one attached hydrogen (secondary N) is 1. The topological polar surface area (TPSA) is 67.2 Å². The van der Waals surface area contributed by atoms with Crippen LogP contribution in [0.1, 0.15) is 39.4 Å². The number of amides is 2. The summed E-state index contributed by atoms with van der Waals surface area (Å²) in [5.41, 5.74) is 2.49. The van der Waals surface area contributed by atoms with Gasteiger partial charge in [-0.1, -0.05) is 11.6 Å². The van der Waals surface area contributed by atoms with Crippen LogP contribution in [-0.4, -0.2) is 27.9 Å². The van der Waals surface area contributed by atoms with E-state index in [2.05, 4.69) is 10.3 Å². The molecule has 0 saturated heterocycles. The summed E-state index contributed by atoms with van der Waals surface area (Å²) >= 11 is 5.90. The third-order valence-electron chi connectivity index (χ3n) is 5.03. The standard InChI is InChI=1S/C21H18ClFN4O2/c1-12-5-7-24-10-15(12)20(28)25-18-6-8-26-13(2)11-27(21(29)19(18)26)14-3-4-17(23)16(22)9-14/h3-10,13H,11H2,1-2H3,(H,25,28)/t13-/m0/s1. The SMILES string of the molecule is Cc1ccncc1C(=O)Nc1ccn2c1C(=O)N(c1ccc(F)c(Cl)c1)C[C@@H]2C. The van der Waals surface area contributed by atoms with Crippen LogP contribution in [0.25, 0.3) is 0 Å². The van der Waals surface area contributed by atoms with Crippen molar-refractivity contribution in [2.75, 3.05) is 16.8 Å². The normalized spacial score (nSPS) is 15.9. The Hall–Kier alpha value is -3.19. The highest BCUT2D eigenvalue weighted by atomic mass is 35.5. The number of aryl methyl sites for hydroxylation is 1. The Morgan fingerprint density at radius 2 is 2.10 bits per heavy atom. The second-order valence-electron chi connectivity index (χ2n) is 6.99. The average Bonchev–Trinajstić information content (AvgIpc) is 3.11. The van der Waals surface area contributed by atoms with Gasteiger partial charge in [-0.2, -0.15) is 0 Å². The van der Waals surface area contributed by atoms with Gasteiger partial charge in [0, 0.05) is 36.9 Å². The van der Waals surface area contributed by atoms with Gasteiger partial charge in [0.2, 0.25) is 0 Å². The molecular formula is C21H18ClFN4O2. The third-order valence-corrected chi connectivity index (χ3v) is 5.32. The molecule has 2 amide bonds. The van der Waals surface area contributed by atoms with Gasteiger partial charge in [0.1, 0.15) is 11.5 Å². The van der Waals surface area contributed by atoms with Gasteiger partial charge in [-0.15, -0.1) is 0 Å². The molecule has 0 radical (unpaired) electrons. The lowest BCUT2D eigenvalue weighted by atomic mass is 10.1. The van der Waals surface area contributed by atoms with Gasteiger partial charge in [0.25, 0.3) is 11.8 Å². The molecule has 3 heterocycles. The Balaban J connectivity index is 1.68. The summed E-state index contributed by atoms with van der Waals surface area (Å²) in [5, 5.41) is 2.77. The first kappa shape index (κ1) is 19.1. The van der Waals surface area contributed by atoms with E-state index < -0.39 is 5.82 Å². The van der Waals surface area contributed by atoms with Crippen LogP contribution in [0.15, 0.2) is 48.9 Å². The lowest BCUT2D eigenvalue weighted by Gasteiger charge is -2.33. The molecule has 1 N–H and O–H groups in total. The lowest BCUT2D eigenvalue weighted by molar-refractivity contribution is 0.0958. The summed E-state index contributed by atoms with van der Waals surface area (Å²) in [4.78, 5) is 31.5. The fourth-order valence-corrected chi connectivity index (χ4v) is 3.65. The van der Waals surface area contributed by atoms with Crippen LogP contribution in [0.4, 0.5) is 15.8 Å². The predicted octanol–water partition coefficient (Wildman–Crippen LogP) is 4.46. The Morgan fingerprint density at radius 3 is 2.83 bits per heavy atom. The first-order chi connectivity index (χ1) is 13.9. The lowest BCUT2D eigenvalue weighted by Crippen LogP contribution is -2.42. The second kappa shape index (κ2) is 7.33. The number of hydrogen-bond donors (Lipinski definition) is 1. The zero-order valence-electron chi connectivity index (χ0n) is 15.8. The van der Waals surface area contributed by atoms with Crippen molar-refractivity contribution < 1.29 is 14.0 Å². The molecule has 1 aliphatic heterocycles. The van der Waals surface area contributed by atoms with E-state index in [1.165, 1.54) is 29.3 Å². The van der Waals surface area contributed by atoms with E-state index in [1.54, 1.807) is 24.5 Å². The van der Waals surface area contributed by atoms with Gasteiger partial charge in [-0.25, -0.2) is 4.39 Å². The Morgan fingerprint density at radius 1 is 1.31 bits per heavy atom. The van der Waals surface area contributed by atoms with Crippen molar-refractivity contribution >= 4 is 34.8 Å². The molecule has 0 unspecified atom stereocenters. The van der Waals surface area contributed by atoms with Crippen molar-refractivity contribution in [3.63, 3.8) is 0 Å². The number of hydrogen-bond acceptors (Lipinski definition) is 3. The molecule has 3 aromatic rings. The first-order valence-corrected chi connectivity index (χ1v) is 9.44. The number of fused-ring (bicyclic) bond motifs is 1. The molecule has 2 aromatic heterocycles. The zero-order valence-corrected chi connectivity index (χ0v) is 16.6. The number of pyridine rings is 1. The fraction of sp³-hybridized carbons (Fsp3) is 0.190. The van der Waals surface area contributed by atoms with Crippen molar-refractivity contribution in [2.24, 2.45) is 0 Å². The summed E-state index contributed by atoms with van der Waals surface area (Å²) in [5.74, 6) is -1.18. The van der Waals surface area contributed by atoms with Gasteiger partial charge >= 0.3 is 0 Å². The zero-order chi connectivity index (χ0) is 20.7. The third kappa shape index (κ3) is 3.38. The molecule has 0 bridgehead atoms. The number of benzene rings is 1. The summed E-state index contributed by atoms with van der Waals surface area (Å²) in [6.45, 7) is 4.18. The monoisotopic (exact) mass is 412 g/mol. The maximum atomic E-state index is 13.5. The van der Waals surface area contributed by atoms with Gasteiger partial charge < -0.3 is 14.8 Å². The maximum absolute atomic E-state index is 13.5. The van der Waals surface area contributed by atoms with E-state index >= 15 is 0 Å². The van der Waals surface area contributed by atoms with Crippen LogP contribution in [0.2, 0.25) is 5.02 Å². The van der Waals surface area contributed by atoms with E-state index in [-0.39, 0.29) is 22.9 Å². The minimum Gasteiger partial charge on any atom is -0.337 e. The van der Waals surface area contributed by atoms with Crippen molar-refractivity contribution in [1.29, 1.82) is 0 Å². The van der Waals surface area contributed by atoms with Crippen LogP contribution in [0.3, 0.4) is 0 Å². The van der Waals surface area contributed by atoms with Crippen LogP contribution in [-0.2, 0) is 0 Å². The molecule has 0 saturated carbocycles. The number of halogens is 2. The van der Waals surface area contributed by atoms with Crippen LogP contribution < -0.4 is 10.2 Å². The highest BCUT2D eigenvalue weighted by Gasteiger charge is 2.33. The van der Waals surface area contributed by atoms with E-state index in [1.807, 2.05) is 18.4 Å². The van der Waals surface area contributed by atoms with Gasteiger partial charge in [0.05, 0.1) is 16.3 Å². The van der Waals surface area contributed by atoms with Crippen molar-refractivity contribution in [1.82, 2.24) is 9.55 Å². The van der Waals surface area contributed by atoms with Crippen LogP contribution in [0.5, 0.6) is 0 Å². The smallest absolute Gasteiger partial charge is 0.277 e. The van der Waals surface area contributed by atoms with Gasteiger partial charge in [-0.05, 0) is 49.7 Å². The van der Waals surface area contributed by atoms with Crippen molar-refractivity contribution in [2.45, 2.75) is 19.9 Å². The maximum Gasteiger partial charge on any atom is 0.277 e. The molecule has 4 rings (SSSR count). The number of anilines is 2. The van der Waals surface area contributed by atoms with E-state index in [9.17, 15) is 14.0 Å². The number of carbonyl (C=O) groups excluding carboxylic acids is 2. The molecule has 0 fully saturated rings. The number of rotatable bonds is 3. The highest BCUT2D eigenvalue weighted by Crippen LogP contribution is 2.33. The Kier molecular flexibility index (Phi) is 4.84. The summed E-state index contributed by atoms with van der Waals surface area (Å²) in [7, 11) is 0. The number of carbonyl (C=O) groups is 2. The Bertz CT molecular complexity index is 1130. The Labute approximate surface area is 171 Å². The average molecular weight is 413 g/mol. The number of nitrogens with zero attached hydrogens (tertiary/aromatic N) is 3. The number of aromatic nitrogens is 2. The summed E-state index contributed by atoms with van der Waals surface area (Å²) < 4.78 is 15.4. The molecule has 1 atom stereocenters. The first-order valence-electron chi connectivity index (χ1n) is 9.06. The van der Waals surface area contributed by atoms with Crippen LogP contribution >= 0.6 is 11.6 Å². The van der Waals surface area contributed by atoms with E-state index in [0.29, 0.717) is 29.2 Å². The van der Waals surface area contributed by atoms with E-state index in [4.69, 9.17) is 11.6 Å². The fourth-order valence-electron chi connectivity index (χ4n) is 3.47. The largest absolute Gasteiger partial charge is 0.337 e.